The zero-order valence-corrected chi connectivity index (χ0v) is 28.5. The number of hydrogen-bond donors (Lipinski definition) is 0. The predicted molar refractivity (Wildman–Crippen MR) is 208 cm³/mol. The highest BCUT2D eigenvalue weighted by atomic mass is 15.4. The second-order valence-corrected chi connectivity index (χ2v) is 14.4. The van der Waals surface area contributed by atoms with Crippen LogP contribution in [0.15, 0.2) is 170 Å². The molecule has 0 amide bonds. The summed E-state index contributed by atoms with van der Waals surface area (Å²) in [6.07, 6.45) is 0. The SMILES string of the molecule is CC1(C)c2ccccc2N(c2ccc3c(c2)C2(c4ccccc4-c4ccccc42)N(c2ccccc2)c2nc4ccccc4n2-3)c2ccccc21. The van der Waals surface area contributed by atoms with Gasteiger partial charge >= 0.3 is 0 Å². The minimum atomic E-state index is -0.703. The Bertz CT molecular complexity index is 2610. The first-order valence-corrected chi connectivity index (χ1v) is 17.7. The minimum absolute atomic E-state index is 0.142. The first kappa shape index (κ1) is 28.4. The second kappa shape index (κ2) is 10.1. The van der Waals surface area contributed by atoms with Gasteiger partial charge in [0.25, 0.3) is 0 Å². The number of hydrogen-bond acceptors (Lipinski definition) is 3. The van der Waals surface area contributed by atoms with Crippen molar-refractivity contribution in [1.29, 1.82) is 0 Å². The maximum Gasteiger partial charge on any atom is 0.217 e. The maximum absolute atomic E-state index is 5.44. The topological polar surface area (TPSA) is 24.3 Å². The highest BCUT2D eigenvalue weighted by molar-refractivity contribution is 5.95. The quantitative estimate of drug-likeness (QED) is 0.185. The van der Waals surface area contributed by atoms with Crippen LogP contribution in [-0.4, -0.2) is 9.55 Å². The summed E-state index contributed by atoms with van der Waals surface area (Å²) in [6, 6.07) is 62.2. The molecule has 3 aliphatic rings. The molecule has 11 rings (SSSR count). The van der Waals surface area contributed by atoms with Crippen molar-refractivity contribution in [3.8, 4) is 16.8 Å². The molecule has 0 N–H and O–H groups in total. The van der Waals surface area contributed by atoms with Gasteiger partial charge < -0.3 is 4.90 Å². The fraction of sp³-hybridized carbons (Fsp3) is 0.0851. The Balaban J connectivity index is 1.30. The van der Waals surface area contributed by atoms with Gasteiger partial charge in [-0.15, -0.1) is 0 Å². The smallest absolute Gasteiger partial charge is 0.217 e. The summed E-state index contributed by atoms with van der Waals surface area (Å²) in [7, 11) is 0. The average molecular weight is 655 g/mol. The molecule has 1 spiro atoms. The van der Waals surface area contributed by atoms with Crippen LogP contribution in [0.1, 0.15) is 41.7 Å². The molecule has 1 aliphatic carbocycles. The number of rotatable bonds is 2. The molecule has 0 saturated heterocycles. The Kier molecular flexibility index (Phi) is 5.63. The van der Waals surface area contributed by atoms with Crippen LogP contribution in [0, 0.1) is 0 Å². The van der Waals surface area contributed by atoms with Crippen molar-refractivity contribution in [3.05, 3.63) is 198 Å². The van der Waals surface area contributed by atoms with Crippen molar-refractivity contribution < 1.29 is 0 Å². The van der Waals surface area contributed by atoms with E-state index >= 15 is 0 Å². The van der Waals surface area contributed by atoms with Crippen LogP contribution < -0.4 is 9.80 Å². The monoisotopic (exact) mass is 654 g/mol. The molecule has 242 valence electrons. The van der Waals surface area contributed by atoms with Gasteiger partial charge in [-0.3, -0.25) is 9.47 Å². The maximum atomic E-state index is 5.44. The van der Waals surface area contributed by atoms with Gasteiger partial charge in [0.2, 0.25) is 5.95 Å². The van der Waals surface area contributed by atoms with E-state index in [9.17, 15) is 0 Å². The summed E-state index contributed by atoms with van der Waals surface area (Å²) < 4.78 is 2.37. The van der Waals surface area contributed by atoms with E-state index < -0.39 is 5.54 Å². The van der Waals surface area contributed by atoms with E-state index in [4.69, 9.17) is 4.98 Å². The van der Waals surface area contributed by atoms with Crippen molar-refractivity contribution >= 4 is 39.7 Å². The minimum Gasteiger partial charge on any atom is -0.310 e. The van der Waals surface area contributed by atoms with Crippen LogP contribution in [0.25, 0.3) is 27.8 Å². The highest BCUT2D eigenvalue weighted by Crippen LogP contribution is 2.62. The molecule has 51 heavy (non-hydrogen) atoms. The van der Waals surface area contributed by atoms with Crippen molar-refractivity contribution in [3.63, 3.8) is 0 Å². The van der Waals surface area contributed by atoms with E-state index in [1.54, 1.807) is 0 Å². The predicted octanol–water partition coefficient (Wildman–Crippen LogP) is 11.6. The number of para-hydroxylation sites is 5. The average Bonchev–Trinajstić information content (AvgIpc) is 3.70. The third-order valence-corrected chi connectivity index (χ3v) is 11.5. The zero-order valence-electron chi connectivity index (χ0n) is 28.5. The molecule has 0 unspecified atom stereocenters. The fourth-order valence-electron chi connectivity index (χ4n) is 9.40. The third kappa shape index (κ3) is 3.56. The van der Waals surface area contributed by atoms with Gasteiger partial charge in [0.15, 0.2) is 0 Å². The normalized spacial score (nSPS) is 15.5. The van der Waals surface area contributed by atoms with Gasteiger partial charge in [-0.05, 0) is 88.0 Å². The molecule has 0 saturated carbocycles. The first-order valence-electron chi connectivity index (χ1n) is 17.7. The number of nitrogens with zero attached hydrogens (tertiary/aromatic N) is 4. The number of benzene rings is 7. The summed E-state index contributed by atoms with van der Waals surface area (Å²) in [5.41, 5.74) is 15.9. The van der Waals surface area contributed by atoms with Crippen LogP contribution in [0.3, 0.4) is 0 Å². The molecular formula is C47H34N4. The molecule has 0 fully saturated rings. The molecule has 1 aromatic heterocycles. The Morgan fingerprint density at radius 1 is 0.451 bits per heavy atom. The lowest BCUT2D eigenvalue weighted by atomic mass is 9.73. The second-order valence-electron chi connectivity index (χ2n) is 14.4. The van der Waals surface area contributed by atoms with Gasteiger partial charge in [0.1, 0.15) is 5.54 Å². The molecule has 0 atom stereocenters. The molecule has 4 nitrogen and oxygen atoms in total. The van der Waals surface area contributed by atoms with Gasteiger partial charge in [0, 0.05) is 22.4 Å². The number of anilines is 5. The van der Waals surface area contributed by atoms with E-state index in [0.29, 0.717) is 0 Å². The fourth-order valence-corrected chi connectivity index (χ4v) is 9.40. The number of imidazole rings is 1. The Labute approximate surface area is 297 Å². The lowest BCUT2D eigenvalue weighted by molar-refractivity contribution is 0.602. The number of aromatic nitrogens is 2. The molecule has 0 radical (unpaired) electrons. The Morgan fingerprint density at radius 2 is 1.00 bits per heavy atom. The molecule has 8 aromatic rings. The summed E-state index contributed by atoms with van der Waals surface area (Å²) in [4.78, 5) is 10.4. The van der Waals surface area contributed by atoms with Crippen molar-refractivity contribution in [2.45, 2.75) is 24.8 Å². The molecular weight excluding hydrogens is 621 g/mol. The van der Waals surface area contributed by atoms with Crippen LogP contribution in [0.5, 0.6) is 0 Å². The molecule has 3 heterocycles. The lowest BCUT2D eigenvalue weighted by Crippen LogP contribution is -2.48. The Hall–Kier alpha value is -6.39. The molecule has 2 aliphatic heterocycles. The molecule has 4 heteroatoms. The van der Waals surface area contributed by atoms with Gasteiger partial charge in [-0.2, -0.15) is 0 Å². The van der Waals surface area contributed by atoms with Crippen molar-refractivity contribution in [1.82, 2.24) is 9.55 Å². The van der Waals surface area contributed by atoms with Crippen LogP contribution in [0.2, 0.25) is 0 Å². The van der Waals surface area contributed by atoms with Gasteiger partial charge in [-0.25, -0.2) is 4.98 Å². The Morgan fingerprint density at radius 3 is 1.67 bits per heavy atom. The number of fused-ring (bicyclic) bond motifs is 13. The van der Waals surface area contributed by atoms with Crippen LogP contribution in [-0.2, 0) is 11.0 Å². The zero-order chi connectivity index (χ0) is 33.9. The van der Waals surface area contributed by atoms with Crippen LogP contribution in [0.4, 0.5) is 28.7 Å². The van der Waals surface area contributed by atoms with Crippen molar-refractivity contribution in [2.24, 2.45) is 0 Å². The van der Waals surface area contributed by atoms with E-state index in [2.05, 4.69) is 198 Å². The van der Waals surface area contributed by atoms with E-state index in [-0.39, 0.29) is 5.41 Å². The van der Waals surface area contributed by atoms with E-state index in [1.165, 1.54) is 50.3 Å². The molecule has 7 aromatic carbocycles. The van der Waals surface area contributed by atoms with Crippen molar-refractivity contribution in [2.75, 3.05) is 9.80 Å². The molecule has 0 bridgehead atoms. The highest BCUT2D eigenvalue weighted by Gasteiger charge is 2.55. The van der Waals surface area contributed by atoms with Gasteiger partial charge in [0.05, 0.1) is 28.1 Å². The summed E-state index contributed by atoms with van der Waals surface area (Å²) in [5.74, 6) is 0.907. The summed E-state index contributed by atoms with van der Waals surface area (Å²) >= 11 is 0. The van der Waals surface area contributed by atoms with E-state index in [1.807, 2.05) is 0 Å². The standard InChI is InChI=1S/C47H34N4/c1-46(2)37-22-10-13-25-41(37)49(42-26-14-11-23-38(42)46)32-28-29-43-39(30-32)47(35-20-8-6-18-33(35)34-19-7-9-21-36(34)47)51(31-16-4-3-5-17-31)45-48-40-24-12-15-27-44(40)50(43)45/h3-30H,1-2H3. The van der Waals surface area contributed by atoms with Gasteiger partial charge in [-0.1, -0.05) is 129 Å². The lowest BCUT2D eigenvalue weighted by Gasteiger charge is -2.48. The summed E-state index contributed by atoms with van der Waals surface area (Å²) in [6.45, 7) is 4.69. The van der Waals surface area contributed by atoms with E-state index in [0.717, 1.165) is 34.0 Å². The third-order valence-electron chi connectivity index (χ3n) is 11.5. The van der Waals surface area contributed by atoms with Crippen LogP contribution >= 0.6 is 0 Å². The first-order chi connectivity index (χ1) is 25.1. The largest absolute Gasteiger partial charge is 0.310 e. The summed E-state index contributed by atoms with van der Waals surface area (Å²) in [5, 5.41) is 0.